The molecule has 13 heteroatoms. The number of alkyl halides is 3. The first-order valence-electron chi connectivity index (χ1n) is 13.2. The number of rotatable bonds is 8. The number of hydrogen-bond acceptors (Lipinski definition) is 8. The van der Waals surface area contributed by atoms with Crippen LogP contribution in [0.25, 0.3) is 21.1 Å². The van der Waals surface area contributed by atoms with Crippen LogP contribution in [0.4, 0.5) is 19.0 Å². The zero-order valence-corrected chi connectivity index (χ0v) is 22.8. The Morgan fingerprint density at radius 1 is 1.15 bits per heavy atom. The largest absolute Gasteiger partial charge is 0.393 e. The first kappa shape index (κ1) is 27.2. The van der Waals surface area contributed by atoms with Crippen molar-refractivity contribution in [3.63, 3.8) is 0 Å². The first-order valence-corrected chi connectivity index (χ1v) is 14.0. The average Bonchev–Trinajstić information content (AvgIpc) is 3.68. The van der Waals surface area contributed by atoms with Crippen LogP contribution < -0.4 is 5.32 Å². The molecule has 0 bridgehead atoms. The number of anilines is 1. The van der Waals surface area contributed by atoms with Gasteiger partial charge in [0.1, 0.15) is 28.7 Å². The SMILES string of the molecule is N#Cc1cc2c(CO)c(CN3CCC(Nc4ncnc5sc(CC(F)(F)F)cc45)CC3)ccc2n1Cc1cn[nH]c1. The van der Waals surface area contributed by atoms with Gasteiger partial charge in [-0.25, -0.2) is 9.97 Å². The number of thiophene rings is 1. The molecular formula is C28H27F3N8OS. The Bertz CT molecular complexity index is 1710. The highest BCUT2D eigenvalue weighted by atomic mass is 32.1. The Morgan fingerprint density at radius 2 is 1.98 bits per heavy atom. The van der Waals surface area contributed by atoms with E-state index in [1.165, 1.54) is 12.4 Å². The number of halogens is 3. The molecule has 5 aromatic rings. The number of aliphatic hydroxyl groups excluding tert-OH is 1. The topological polar surface area (TPSA) is 119 Å². The zero-order chi connectivity index (χ0) is 28.6. The van der Waals surface area contributed by atoms with Gasteiger partial charge in [-0.15, -0.1) is 11.3 Å². The monoisotopic (exact) mass is 580 g/mol. The van der Waals surface area contributed by atoms with Crippen molar-refractivity contribution in [3.05, 3.63) is 70.2 Å². The van der Waals surface area contributed by atoms with E-state index in [2.05, 4.69) is 36.5 Å². The number of H-pyrrole nitrogens is 1. The van der Waals surface area contributed by atoms with Gasteiger partial charge >= 0.3 is 6.18 Å². The molecule has 1 fully saturated rings. The van der Waals surface area contributed by atoms with Gasteiger partial charge < -0.3 is 15.0 Å². The molecule has 0 amide bonds. The van der Waals surface area contributed by atoms with Crippen molar-refractivity contribution in [2.75, 3.05) is 18.4 Å². The number of aromatic amines is 1. The van der Waals surface area contributed by atoms with Crippen LogP contribution in [-0.2, 0) is 26.1 Å². The number of benzene rings is 1. The fourth-order valence-corrected chi connectivity index (χ4v) is 6.58. The van der Waals surface area contributed by atoms with Gasteiger partial charge in [0.2, 0.25) is 0 Å². The van der Waals surface area contributed by atoms with E-state index in [-0.39, 0.29) is 17.5 Å². The summed E-state index contributed by atoms with van der Waals surface area (Å²) in [6.07, 6.45) is 1.35. The number of nitrogens with zero attached hydrogens (tertiary/aromatic N) is 6. The summed E-state index contributed by atoms with van der Waals surface area (Å²) in [4.78, 5) is 11.6. The van der Waals surface area contributed by atoms with Crippen molar-refractivity contribution < 1.29 is 18.3 Å². The minimum Gasteiger partial charge on any atom is -0.392 e. The predicted molar refractivity (Wildman–Crippen MR) is 149 cm³/mol. The molecule has 41 heavy (non-hydrogen) atoms. The number of fused-ring (bicyclic) bond motifs is 2. The summed E-state index contributed by atoms with van der Waals surface area (Å²) in [5, 5.41) is 31.8. The van der Waals surface area contributed by atoms with Crippen LogP contribution in [0.1, 0.15) is 40.1 Å². The van der Waals surface area contributed by atoms with Crippen LogP contribution in [0.15, 0.2) is 43.0 Å². The van der Waals surface area contributed by atoms with E-state index in [1.54, 1.807) is 12.4 Å². The maximum Gasteiger partial charge on any atom is 0.393 e. The van der Waals surface area contributed by atoms with E-state index in [9.17, 15) is 23.5 Å². The molecule has 9 nitrogen and oxygen atoms in total. The summed E-state index contributed by atoms with van der Waals surface area (Å²) in [6, 6.07) is 9.81. The minimum atomic E-state index is -4.27. The van der Waals surface area contributed by atoms with Gasteiger partial charge in [-0.3, -0.25) is 10.00 Å². The Kier molecular flexibility index (Phi) is 7.37. The first-order chi connectivity index (χ1) is 19.8. The second-order valence-electron chi connectivity index (χ2n) is 10.3. The summed E-state index contributed by atoms with van der Waals surface area (Å²) < 4.78 is 40.6. The Balaban J connectivity index is 1.14. The summed E-state index contributed by atoms with van der Waals surface area (Å²) in [6.45, 7) is 2.65. The second-order valence-corrected chi connectivity index (χ2v) is 11.4. The molecule has 4 aromatic heterocycles. The van der Waals surface area contributed by atoms with E-state index in [4.69, 9.17) is 0 Å². The molecule has 0 atom stereocenters. The van der Waals surface area contributed by atoms with E-state index in [0.717, 1.165) is 64.9 Å². The van der Waals surface area contributed by atoms with E-state index in [1.807, 2.05) is 22.8 Å². The molecule has 1 aliphatic rings. The summed E-state index contributed by atoms with van der Waals surface area (Å²) >= 11 is 1.05. The Labute approximate surface area is 237 Å². The lowest BCUT2D eigenvalue weighted by molar-refractivity contribution is -0.126. The lowest BCUT2D eigenvalue weighted by atomic mass is 10.00. The highest BCUT2D eigenvalue weighted by molar-refractivity contribution is 7.18. The third-order valence-corrected chi connectivity index (χ3v) is 8.58. The van der Waals surface area contributed by atoms with Crippen LogP contribution in [0, 0.1) is 11.3 Å². The quantitative estimate of drug-likeness (QED) is 0.237. The van der Waals surface area contributed by atoms with Gasteiger partial charge in [-0.05, 0) is 42.2 Å². The summed E-state index contributed by atoms with van der Waals surface area (Å²) in [5.74, 6) is 0.569. The number of nitriles is 1. The molecule has 0 radical (unpaired) electrons. The number of nitrogens with one attached hydrogen (secondary N) is 2. The third-order valence-electron chi connectivity index (χ3n) is 7.54. The molecule has 0 unspecified atom stereocenters. The van der Waals surface area contributed by atoms with Gasteiger partial charge in [-0.1, -0.05) is 6.07 Å². The molecule has 6 rings (SSSR count). The molecule has 5 heterocycles. The number of hydrogen-bond donors (Lipinski definition) is 3. The fraction of sp³-hybridized carbons (Fsp3) is 0.357. The molecule has 0 saturated carbocycles. The number of aromatic nitrogens is 5. The molecule has 1 aromatic carbocycles. The van der Waals surface area contributed by atoms with E-state index >= 15 is 0 Å². The van der Waals surface area contributed by atoms with Crippen LogP contribution in [-0.4, -0.2) is 60.0 Å². The zero-order valence-electron chi connectivity index (χ0n) is 21.9. The summed E-state index contributed by atoms with van der Waals surface area (Å²) in [5.41, 5.74) is 4.20. The van der Waals surface area contributed by atoms with E-state index < -0.39 is 12.6 Å². The van der Waals surface area contributed by atoms with Gasteiger partial charge in [0.25, 0.3) is 0 Å². The molecule has 3 N–H and O–H groups in total. The van der Waals surface area contributed by atoms with Crippen LogP contribution in [0.5, 0.6) is 0 Å². The lowest BCUT2D eigenvalue weighted by Crippen LogP contribution is -2.39. The third kappa shape index (κ3) is 5.76. The fourth-order valence-electron chi connectivity index (χ4n) is 5.56. The maximum atomic E-state index is 12.9. The van der Waals surface area contributed by atoms with Gasteiger partial charge in [0, 0.05) is 53.2 Å². The van der Waals surface area contributed by atoms with Gasteiger partial charge in [-0.2, -0.15) is 23.5 Å². The van der Waals surface area contributed by atoms with Crippen molar-refractivity contribution in [3.8, 4) is 6.07 Å². The highest BCUT2D eigenvalue weighted by Gasteiger charge is 2.29. The molecule has 1 saturated heterocycles. The Hall–Kier alpha value is -3.99. The normalized spacial score (nSPS) is 15.1. The Morgan fingerprint density at radius 3 is 2.68 bits per heavy atom. The van der Waals surface area contributed by atoms with Crippen molar-refractivity contribution >= 4 is 38.3 Å². The van der Waals surface area contributed by atoms with E-state index in [0.29, 0.717) is 34.8 Å². The average molecular weight is 581 g/mol. The van der Waals surface area contributed by atoms with Crippen molar-refractivity contribution in [1.29, 1.82) is 5.26 Å². The predicted octanol–water partition coefficient (Wildman–Crippen LogP) is 4.96. The highest BCUT2D eigenvalue weighted by Crippen LogP contribution is 2.33. The smallest absolute Gasteiger partial charge is 0.392 e. The standard InChI is InChI=1S/C28H27F3N8OS/c29-28(30,31)9-21-8-23-26(33-16-34-27(23)41-21)37-19-3-5-38(6-4-19)14-18-1-2-25-22(24(18)15-40)7-20(10-32)39(25)13-17-11-35-36-12-17/h1-2,7-8,11-12,16,19,40H,3-6,9,13-15H2,(H,35,36)(H,33,34,37). The van der Waals surface area contributed by atoms with Crippen molar-refractivity contribution in [1.82, 2.24) is 29.6 Å². The number of piperidine rings is 1. The molecule has 212 valence electrons. The maximum absolute atomic E-state index is 12.9. The van der Waals surface area contributed by atoms with Gasteiger partial charge in [0.15, 0.2) is 0 Å². The number of aliphatic hydroxyl groups is 1. The lowest BCUT2D eigenvalue weighted by Gasteiger charge is -2.33. The molecule has 1 aliphatic heterocycles. The van der Waals surface area contributed by atoms with Crippen molar-refractivity contribution in [2.45, 2.75) is 51.2 Å². The summed E-state index contributed by atoms with van der Waals surface area (Å²) in [7, 11) is 0. The molecular weight excluding hydrogens is 553 g/mol. The minimum absolute atomic E-state index is 0.130. The second kappa shape index (κ2) is 11.1. The van der Waals surface area contributed by atoms with Crippen LogP contribution in [0.3, 0.4) is 0 Å². The number of likely N-dealkylation sites (tertiary alicyclic amines) is 1. The van der Waals surface area contributed by atoms with Crippen LogP contribution in [0.2, 0.25) is 0 Å². The van der Waals surface area contributed by atoms with Crippen molar-refractivity contribution in [2.24, 2.45) is 0 Å². The molecule has 0 aliphatic carbocycles. The van der Waals surface area contributed by atoms with Gasteiger partial charge in [0.05, 0.1) is 31.2 Å². The molecule has 0 spiro atoms. The van der Waals surface area contributed by atoms with Crippen LogP contribution >= 0.6 is 11.3 Å².